The summed E-state index contributed by atoms with van der Waals surface area (Å²) >= 11 is 1.41. The molecule has 6 nitrogen and oxygen atoms in total. The lowest BCUT2D eigenvalue weighted by Crippen LogP contribution is -2.29. The lowest BCUT2D eigenvalue weighted by Gasteiger charge is -2.22. The average molecular weight is 488 g/mol. The van der Waals surface area contributed by atoms with E-state index in [9.17, 15) is 4.79 Å². The molecular formula is C28H29N3O3S. The zero-order valence-corrected chi connectivity index (χ0v) is 20.8. The molecule has 3 aromatic carbocycles. The van der Waals surface area contributed by atoms with Gasteiger partial charge in [-0.3, -0.25) is 9.69 Å². The van der Waals surface area contributed by atoms with Crippen LogP contribution in [0, 0.1) is 0 Å². The molecule has 7 heteroatoms. The van der Waals surface area contributed by atoms with Crippen molar-refractivity contribution in [3.05, 3.63) is 71.6 Å². The Bertz CT molecular complexity index is 1330. The highest BCUT2D eigenvalue weighted by molar-refractivity contribution is 7.14. The Hall–Kier alpha value is -3.42. The number of methoxy groups -OCH3 is 2. The van der Waals surface area contributed by atoms with E-state index >= 15 is 0 Å². The molecule has 1 saturated carbocycles. The zero-order valence-electron chi connectivity index (χ0n) is 20.0. The van der Waals surface area contributed by atoms with Crippen LogP contribution in [-0.4, -0.2) is 42.6 Å². The van der Waals surface area contributed by atoms with E-state index in [-0.39, 0.29) is 5.91 Å². The number of hydrogen-bond donors (Lipinski definition) is 1. The van der Waals surface area contributed by atoms with Crippen molar-refractivity contribution in [1.29, 1.82) is 0 Å². The van der Waals surface area contributed by atoms with Gasteiger partial charge in [0, 0.05) is 36.5 Å². The van der Waals surface area contributed by atoms with Gasteiger partial charge in [0.25, 0.3) is 0 Å². The summed E-state index contributed by atoms with van der Waals surface area (Å²) in [7, 11) is 3.26. The molecule has 5 rings (SSSR count). The van der Waals surface area contributed by atoms with Gasteiger partial charge in [0.1, 0.15) is 11.5 Å². The van der Waals surface area contributed by atoms with Crippen LogP contribution in [0.4, 0.5) is 5.13 Å². The third kappa shape index (κ3) is 5.47. The molecule has 180 valence electrons. The van der Waals surface area contributed by atoms with Gasteiger partial charge in [-0.05, 0) is 47.4 Å². The van der Waals surface area contributed by atoms with E-state index in [0.29, 0.717) is 23.3 Å². The summed E-state index contributed by atoms with van der Waals surface area (Å²) in [6.45, 7) is 1.58. The van der Waals surface area contributed by atoms with E-state index < -0.39 is 0 Å². The third-order valence-corrected chi connectivity index (χ3v) is 7.13. The number of carbonyl (C=O) groups excluding carboxylic acids is 1. The number of nitrogens with zero attached hydrogens (tertiary/aromatic N) is 2. The van der Waals surface area contributed by atoms with Crippen LogP contribution in [0.5, 0.6) is 11.5 Å². The van der Waals surface area contributed by atoms with E-state index in [1.165, 1.54) is 40.5 Å². The summed E-state index contributed by atoms with van der Waals surface area (Å²) in [5.74, 6) is 1.42. The number of carbonyl (C=O) groups is 1. The first-order valence-electron chi connectivity index (χ1n) is 11.8. The van der Waals surface area contributed by atoms with Crippen LogP contribution >= 0.6 is 11.3 Å². The van der Waals surface area contributed by atoms with Crippen molar-refractivity contribution in [3.63, 3.8) is 0 Å². The monoisotopic (exact) mass is 487 g/mol. The van der Waals surface area contributed by atoms with Gasteiger partial charge in [-0.1, -0.05) is 42.5 Å². The molecule has 0 unspecified atom stereocenters. The minimum atomic E-state index is -0.0212. The third-order valence-electron chi connectivity index (χ3n) is 6.38. The van der Waals surface area contributed by atoms with Crippen molar-refractivity contribution >= 4 is 33.1 Å². The van der Waals surface area contributed by atoms with Crippen LogP contribution in [0.1, 0.15) is 24.8 Å². The van der Waals surface area contributed by atoms with Crippen molar-refractivity contribution in [2.24, 2.45) is 0 Å². The quantitative estimate of drug-likeness (QED) is 0.298. The van der Waals surface area contributed by atoms with Gasteiger partial charge in [0.15, 0.2) is 5.13 Å². The highest BCUT2D eigenvalue weighted by Crippen LogP contribution is 2.35. The number of hydrogen-bond acceptors (Lipinski definition) is 6. The Kier molecular flexibility index (Phi) is 6.97. The Balaban J connectivity index is 1.22. The Morgan fingerprint density at radius 2 is 1.91 bits per heavy atom. The summed E-state index contributed by atoms with van der Waals surface area (Å²) in [6, 6.07) is 21.1. The van der Waals surface area contributed by atoms with Crippen molar-refractivity contribution in [2.45, 2.75) is 31.8 Å². The normalized spacial score (nSPS) is 13.2. The second-order valence-electron chi connectivity index (χ2n) is 8.74. The first-order chi connectivity index (χ1) is 17.1. The zero-order chi connectivity index (χ0) is 24.2. The number of thiazole rings is 1. The molecule has 1 N–H and O–H groups in total. The van der Waals surface area contributed by atoms with Gasteiger partial charge >= 0.3 is 0 Å². The fourth-order valence-corrected chi connectivity index (χ4v) is 5.10. The first-order valence-corrected chi connectivity index (χ1v) is 12.7. The number of fused-ring (bicyclic) bond motifs is 1. The second kappa shape index (κ2) is 10.5. The van der Waals surface area contributed by atoms with E-state index in [1.807, 2.05) is 23.6 Å². The summed E-state index contributed by atoms with van der Waals surface area (Å²) in [4.78, 5) is 19.8. The topological polar surface area (TPSA) is 63.7 Å². The predicted molar refractivity (Wildman–Crippen MR) is 141 cm³/mol. The van der Waals surface area contributed by atoms with Crippen molar-refractivity contribution < 1.29 is 14.3 Å². The summed E-state index contributed by atoms with van der Waals surface area (Å²) < 4.78 is 10.8. The fraction of sp³-hybridized carbons (Fsp3) is 0.286. The molecule has 4 aromatic rings. The standard InChI is InChI=1S/C28H29N3O3S/c1-33-22-12-13-26(34-2)24(16-22)25-18-35-28(29-25)30-27(32)14-15-31(21-10-11-21)17-20-8-5-7-19-6-3-4-9-23(19)20/h3-9,12-13,16,18,21H,10-11,14-15,17H2,1-2H3,(H,29,30,32). The van der Waals surface area contributed by atoms with Gasteiger partial charge in [0.2, 0.25) is 5.91 Å². The molecule has 1 amide bonds. The molecule has 0 bridgehead atoms. The average Bonchev–Trinajstić information content (AvgIpc) is 3.64. The van der Waals surface area contributed by atoms with E-state index in [2.05, 4.69) is 57.7 Å². The number of rotatable bonds is 10. The largest absolute Gasteiger partial charge is 0.497 e. The Labute approximate surface area is 209 Å². The summed E-state index contributed by atoms with van der Waals surface area (Å²) in [5, 5.41) is 8.02. The number of nitrogens with one attached hydrogen (secondary N) is 1. The highest BCUT2D eigenvalue weighted by atomic mass is 32.1. The molecule has 1 fully saturated rings. The molecule has 1 aliphatic rings. The van der Waals surface area contributed by atoms with Crippen LogP contribution in [0.2, 0.25) is 0 Å². The number of benzene rings is 3. The van der Waals surface area contributed by atoms with Crippen LogP contribution in [0.25, 0.3) is 22.0 Å². The number of amides is 1. The smallest absolute Gasteiger partial charge is 0.227 e. The molecule has 1 aromatic heterocycles. The first kappa shape index (κ1) is 23.3. The van der Waals surface area contributed by atoms with Crippen LogP contribution in [0.15, 0.2) is 66.0 Å². The second-order valence-corrected chi connectivity index (χ2v) is 9.60. The maximum Gasteiger partial charge on any atom is 0.227 e. The molecule has 1 heterocycles. The minimum absolute atomic E-state index is 0.0212. The SMILES string of the molecule is COc1ccc(OC)c(-c2csc(NC(=O)CCN(Cc3cccc4ccccc34)C3CC3)n2)c1. The summed E-state index contributed by atoms with van der Waals surface area (Å²) in [5.41, 5.74) is 2.89. The molecular weight excluding hydrogens is 458 g/mol. The number of ether oxygens (including phenoxy) is 2. The van der Waals surface area contributed by atoms with Gasteiger partial charge in [-0.2, -0.15) is 0 Å². The minimum Gasteiger partial charge on any atom is -0.497 e. The maximum atomic E-state index is 12.8. The van der Waals surface area contributed by atoms with Crippen LogP contribution in [-0.2, 0) is 11.3 Å². The maximum absolute atomic E-state index is 12.8. The van der Waals surface area contributed by atoms with Crippen molar-refractivity contribution in [1.82, 2.24) is 9.88 Å². The lowest BCUT2D eigenvalue weighted by atomic mass is 10.0. The number of aromatic nitrogens is 1. The fourth-order valence-electron chi connectivity index (χ4n) is 4.38. The van der Waals surface area contributed by atoms with Crippen molar-refractivity contribution in [3.8, 4) is 22.8 Å². The molecule has 0 atom stereocenters. The Morgan fingerprint density at radius 1 is 1.09 bits per heavy atom. The lowest BCUT2D eigenvalue weighted by molar-refractivity contribution is -0.116. The van der Waals surface area contributed by atoms with Gasteiger partial charge in [0.05, 0.1) is 19.9 Å². The number of anilines is 1. The van der Waals surface area contributed by atoms with Gasteiger partial charge in [-0.25, -0.2) is 4.98 Å². The van der Waals surface area contributed by atoms with Crippen LogP contribution in [0.3, 0.4) is 0 Å². The van der Waals surface area contributed by atoms with Gasteiger partial charge in [-0.15, -0.1) is 11.3 Å². The summed E-state index contributed by atoms with van der Waals surface area (Å²) in [6.07, 6.45) is 2.83. The molecule has 35 heavy (non-hydrogen) atoms. The van der Waals surface area contributed by atoms with Crippen molar-refractivity contribution in [2.75, 3.05) is 26.1 Å². The van der Waals surface area contributed by atoms with E-state index in [1.54, 1.807) is 14.2 Å². The predicted octanol–water partition coefficient (Wildman–Crippen LogP) is 5.97. The van der Waals surface area contributed by atoms with E-state index in [0.717, 1.165) is 30.1 Å². The highest BCUT2D eigenvalue weighted by Gasteiger charge is 2.29. The van der Waals surface area contributed by atoms with E-state index in [4.69, 9.17) is 9.47 Å². The molecule has 0 aliphatic heterocycles. The molecule has 0 radical (unpaired) electrons. The van der Waals surface area contributed by atoms with Crippen LogP contribution < -0.4 is 14.8 Å². The molecule has 0 saturated heterocycles. The molecule has 0 spiro atoms. The Morgan fingerprint density at radius 3 is 2.71 bits per heavy atom. The van der Waals surface area contributed by atoms with Gasteiger partial charge < -0.3 is 14.8 Å². The molecule has 1 aliphatic carbocycles.